The van der Waals surface area contributed by atoms with Crippen LogP contribution in [0.4, 0.5) is 5.82 Å². The molecule has 1 atom stereocenters. The molecule has 2 heterocycles. The summed E-state index contributed by atoms with van der Waals surface area (Å²) in [5.74, 6) is -1.31. The first kappa shape index (κ1) is 22.5. The normalized spacial score (nSPS) is 15.6. The summed E-state index contributed by atoms with van der Waals surface area (Å²) >= 11 is 11.7. The van der Waals surface area contributed by atoms with Crippen LogP contribution in [0.15, 0.2) is 41.4 Å². The number of sulfonamides is 1. The van der Waals surface area contributed by atoms with Gasteiger partial charge in [-0.15, -0.1) is 0 Å². The molecule has 1 fully saturated rings. The van der Waals surface area contributed by atoms with Gasteiger partial charge in [0.1, 0.15) is 0 Å². The van der Waals surface area contributed by atoms with Crippen LogP contribution in [0.2, 0.25) is 10.0 Å². The Hall–Kier alpha value is -2.20. The van der Waals surface area contributed by atoms with Crippen LogP contribution in [0, 0.1) is 0 Å². The van der Waals surface area contributed by atoms with Crippen molar-refractivity contribution in [2.24, 2.45) is 0 Å². The molecule has 1 aromatic heterocycles. The molecular formula is C19H19Cl2N3O5S. The van der Waals surface area contributed by atoms with E-state index in [1.165, 1.54) is 47.8 Å². The maximum absolute atomic E-state index is 12.5. The number of ether oxygens (including phenoxy) is 1. The second-order valence-corrected chi connectivity index (χ2v) is 9.44. The lowest BCUT2D eigenvalue weighted by Gasteiger charge is -2.16. The van der Waals surface area contributed by atoms with Gasteiger partial charge in [-0.25, -0.2) is 18.2 Å². The number of esters is 1. The molecule has 0 bridgehead atoms. The second kappa shape index (κ2) is 9.30. The van der Waals surface area contributed by atoms with Gasteiger partial charge in [0.05, 0.1) is 20.5 Å². The van der Waals surface area contributed by atoms with Crippen molar-refractivity contribution in [3.63, 3.8) is 0 Å². The van der Waals surface area contributed by atoms with Crippen molar-refractivity contribution in [1.82, 2.24) is 9.29 Å². The summed E-state index contributed by atoms with van der Waals surface area (Å²) in [6, 6.07) is 6.83. The van der Waals surface area contributed by atoms with Gasteiger partial charge in [-0.3, -0.25) is 4.79 Å². The van der Waals surface area contributed by atoms with E-state index in [-0.39, 0.29) is 21.3 Å². The third-order valence-corrected chi connectivity index (χ3v) is 6.90. The van der Waals surface area contributed by atoms with Crippen LogP contribution in [0.5, 0.6) is 0 Å². The van der Waals surface area contributed by atoms with Crippen molar-refractivity contribution in [3.05, 3.63) is 52.1 Å². The Kier molecular flexibility index (Phi) is 6.97. The highest BCUT2D eigenvalue weighted by Gasteiger charge is 2.27. The average molecular weight is 472 g/mol. The zero-order valence-corrected chi connectivity index (χ0v) is 18.3. The predicted molar refractivity (Wildman–Crippen MR) is 112 cm³/mol. The molecule has 1 aromatic carbocycles. The monoisotopic (exact) mass is 471 g/mol. The minimum atomic E-state index is -3.57. The smallest absolute Gasteiger partial charge is 0.338 e. The van der Waals surface area contributed by atoms with Gasteiger partial charge >= 0.3 is 5.97 Å². The Morgan fingerprint density at radius 2 is 1.80 bits per heavy atom. The molecule has 1 N–H and O–H groups in total. The van der Waals surface area contributed by atoms with Gasteiger partial charge in [0.2, 0.25) is 10.0 Å². The van der Waals surface area contributed by atoms with Crippen LogP contribution in [-0.4, -0.2) is 48.8 Å². The number of anilines is 1. The number of carbonyl (C=O) groups is 2. The Morgan fingerprint density at radius 3 is 2.40 bits per heavy atom. The van der Waals surface area contributed by atoms with E-state index < -0.39 is 28.0 Å². The predicted octanol–water partition coefficient (Wildman–Crippen LogP) is 3.36. The van der Waals surface area contributed by atoms with E-state index >= 15 is 0 Å². The fourth-order valence-electron chi connectivity index (χ4n) is 2.85. The first-order valence-electron chi connectivity index (χ1n) is 9.11. The topological polar surface area (TPSA) is 106 Å². The molecule has 1 aliphatic heterocycles. The molecule has 1 aliphatic rings. The number of rotatable bonds is 6. The van der Waals surface area contributed by atoms with Gasteiger partial charge < -0.3 is 10.1 Å². The molecular weight excluding hydrogens is 453 g/mol. The van der Waals surface area contributed by atoms with Gasteiger partial charge in [0, 0.05) is 19.3 Å². The minimum absolute atomic E-state index is 0.0884. The number of nitrogens with one attached hydrogen (secondary N) is 1. The lowest BCUT2D eigenvalue weighted by Crippen LogP contribution is -2.30. The average Bonchev–Trinajstić information content (AvgIpc) is 3.26. The molecule has 0 radical (unpaired) electrons. The largest absolute Gasteiger partial charge is 0.449 e. The summed E-state index contributed by atoms with van der Waals surface area (Å²) in [7, 11) is -3.57. The third kappa shape index (κ3) is 5.10. The molecule has 0 saturated carbocycles. The van der Waals surface area contributed by atoms with Crippen LogP contribution in [0.3, 0.4) is 0 Å². The van der Waals surface area contributed by atoms with Gasteiger partial charge in [-0.2, -0.15) is 4.31 Å². The molecule has 2 aromatic rings. The SMILES string of the molecule is CC(OC(=O)c1ccc(S(=O)(=O)N2CCCC2)cc1)C(=O)Nc1ncc(Cl)cc1Cl. The number of hydrogen-bond donors (Lipinski definition) is 1. The van der Waals surface area contributed by atoms with Gasteiger partial charge in [-0.1, -0.05) is 23.2 Å². The molecule has 1 amide bonds. The number of nitrogens with zero attached hydrogens (tertiary/aromatic N) is 2. The van der Waals surface area contributed by atoms with Crippen molar-refractivity contribution in [1.29, 1.82) is 0 Å². The number of pyridine rings is 1. The zero-order chi connectivity index (χ0) is 21.9. The van der Waals surface area contributed by atoms with E-state index in [9.17, 15) is 18.0 Å². The molecule has 3 rings (SSSR count). The molecule has 1 saturated heterocycles. The number of benzene rings is 1. The molecule has 30 heavy (non-hydrogen) atoms. The van der Waals surface area contributed by atoms with E-state index in [1.54, 1.807) is 0 Å². The van der Waals surface area contributed by atoms with Crippen molar-refractivity contribution in [3.8, 4) is 0 Å². The highest BCUT2D eigenvalue weighted by Crippen LogP contribution is 2.23. The highest BCUT2D eigenvalue weighted by atomic mass is 35.5. The number of aromatic nitrogens is 1. The van der Waals surface area contributed by atoms with Crippen molar-refractivity contribution in [2.45, 2.75) is 30.8 Å². The number of carbonyl (C=O) groups excluding carboxylic acids is 2. The van der Waals surface area contributed by atoms with Crippen molar-refractivity contribution < 1.29 is 22.7 Å². The summed E-state index contributed by atoms with van der Waals surface area (Å²) in [5, 5.41) is 2.91. The molecule has 0 spiro atoms. The first-order chi connectivity index (χ1) is 14.2. The quantitative estimate of drug-likeness (QED) is 0.647. The molecule has 0 aliphatic carbocycles. The molecule has 8 nitrogen and oxygen atoms in total. The van der Waals surface area contributed by atoms with Gasteiger partial charge in [-0.05, 0) is 50.1 Å². The maximum atomic E-state index is 12.5. The standard InChI is InChI=1S/C19H19Cl2N3O5S/c1-12(18(25)23-17-16(21)10-14(20)11-22-17)29-19(26)13-4-6-15(7-5-13)30(27,28)24-8-2-3-9-24/h4-7,10-12H,2-3,8-9H2,1H3,(H,22,23,25). The van der Waals surface area contributed by atoms with Crippen molar-refractivity contribution >= 4 is 50.9 Å². The van der Waals surface area contributed by atoms with Crippen LogP contribution in [0.1, 0.15) is 30.1 Å². The van der Waals surface area contributed by atoms with E-state index in [2.05, 4.69) is 10.3 Å². The number of halogens is 2. The van der Waals surface area contributed by atoms with Gasteiger partial charge in [0.15, 0.2) is 11.9 Å². The Bertz CT molecular complexity index is 1050. The maximum Gasteiger partial charge on any atom is 0.338 e. The number of amides is 1. The summed E-state index contributed by atoms with van der Waals surface area (Å²) in [6.07, 6.45) is 1.84. The van der Waals surface area contributed by atoms with Crippen LogP contribution >= 0.6 is 23.2 Å². The van der Waals surface area contributed by atoms with E-state index in [1.807, 2.05) is 0 Å². The van der Waals surface area contributed by atoms with Crippen molar-refractivity contribution in [2.75, 3.05) is 18.4 Å². The Morgan fingerprint density at radius 1 is 1.17 bits per heavy atom. The van der Waals surface area contributed by atoms with Gasteiger partial charge in [0.25, 0.3) is 5.91 Å². The number of hydrogen-bond acceptors (Lipinski definition) is 6. The molecule has 160 valence electrons. The fraction of sp³-hybridized carbons (Fsp3) is 0.316. The zero-order valence-electron chi connectivity index (χ0n) is 16.0. The van der Waals surface area contributed by atoms with E-state index in [0.717, 1.165) is 12.8 Å². The molecule has 1 unspecified atom stereocenters. The fourth-order valence-corrected chi connectivity index (χ4v) is 4.79. The van der Waals surface area contributed by atoms with Crippen LogP contribution in [0.25, 0.3) is 0 Å². The Labute approximate surface area is 184 Å². The summed E-state index contributed by atoms with van der Waals surface area (Å²) in [4.78, 5) is 28.6. The second-order valence-electron chi connectivity index (χ2n) is 6.66. The summed E-state index contributed by atoms with van der Waals surface area (Å²) in [5.41, 5.74) is 0.123. The summed E-state index contributed by atoms with van der Waals surface area (Å²) in [6.45, 7) is 2.37. The van der Waals surface area contributed by atoms with Crippen LogP contribution < -0.4 is 5.32 Å². The third-order valence-electron chi connectivity index (χ3n) is 4.50. The van der Waals surface area contributed by atoms with E-state index in [0.29, 0.717) is 18.1 Å². The Balaban J connectivity index is 1.63. The first-order valence-corrected chi connectivity index (χ1v) is 11.3. The molecule has 11 heteroatoms. The van der Waals surface area contributed by atoms with E-state index in [4.69, 9.17) is 27.9 Å². The lowest BCUT2D eigenvalue weighted by molar-refractivity contribution is -0.123. The minimum Gasteiger partial charge on any atom is -0.449 e. The summed E-state index contributed by atoms with van der Waals surface area (Å²) < 4.78 is 31.6. The lowest BCUT2D eigenvalue weighted by atomic mass is 10.2. The van der Waals surface area contributed by atoms with Crippen LogP contribution in [-0.2, 0) is 19.6 Å². The highest BCUT2D eigenvalue weighted by molar-refractivity contribution is 7.89.